The van der Waals surface area contributed by atoms with E-state index in [2.05, 4.69) is 50.4 Å². The zero-order chi connectivity index (χ0) is 22.1. The number of guanidine groups is 1. The third-order valence-corrected chi connectivity index (χ3v) is 5.52. The summed E-state index contributed by atoms with van der Waals surface area (Å²) in [5.74, 6) is 2.70. The van der Waals surface area contributed by atoms with Crippen LogP contribution in [-0.2, 0) is 24.4 Å². The number of hydrogen-bond donors (Lipinski definition) is 1. The van der Waals surface area contributed by atoms with Crippen molar-refractivity contribution in [3.05, 3.63) is 59.2 Å². The summed E-state index contributed by atoms with van der Waals surface area (Å²) in [5, 5.41) is 3.50. The van der Waals surface area contributed by atoms with Gasteiger partial charge < -0.3 is 24.4 Å². The molecule has 3 rings (SSSR count). The minimum Gasteiger partial charge on any atom is -0.497 e. The maximum Gasteiger partial charge on any atom is 0.194 e. The number of piperazine rings is 1. The number of methoxy groups -OCH3 is 3. The molecule has 0 radical (unpaired) electrons. The summed E-state index contributed by atoms with van der Waals surface area (Å²) >= 11 is 0. The summed E-state index contributed by atoms with van der Waals surface area (Å²) in [6.07, 6.45) is 0. The van der Waals surface area contributed by atoms with E-state index >= 15 is 0 Å². The van der Waals surface area contributed by atoms with E-state index in [9.17, 15) is 0 Å². The van der Waals surface area contributed by atoms with Crippen molar-refractivity contribution in [3.8, 4) is 11.5 Å². The predicted octanol–water partition coefficient (Wildman–Crippen LogP) is 2.74. The van der Waals surface area contributed by atoms with Crippen LogP contribution in [0.3, 0.4) is 0 Å². The highest BCUT2D eigenvalue weighted by Gasteiger charge is 2.20. The summed E-state index contributed by atoms with van der Waals surface area (Å²) in [7, 11) is 6.97. The molecule has 168 valence electrons. The van der Waals surface area contributed by atoms with Gasteiger partial charge in [-0.1, -0.05) is 24.3 Å². The van der Waals surface area contributed by atoms with Gasteiger partial charge in [0.15, 0.2) is 5.96 Å². The molecule has 0 bridgehead atoms. The molecule has 1 saturated heterocycles. The van der Waals surface area contributed by atoms with Gasteiger partial charge in [-0.05, 0) is 29.3 Å². The molecule has 7 nitrogen and oxygen atoms in total. The highest BCUT2D eigenvalue weighted by molar-refractivity contribution is 5.80. The third kappa shape index (κ3) is 6.35. The lowest BCUT2D eigenvalue weighted by Gasteiger charge is -2.36. The van der Waals surface area contributed by atoms with Crippen molar-refractivity contribution in [3.63, 3.8) is 0 Å². The molecule has 0 spiro atoms. The van der Waals surface area contributed by atoms with Gasteiger partial charge in [0, 0.05) is 59.0 Å². The van der Waals surface area contributed by atoms with Gasteiger partial charge in [0.1, 0.15) is 11.5 Å². The lowest BCUT2D eigenvalue weighted by Crippen LogP contribution is -2.52. The number of aliphatic imine (C=N–C) groups is 1. The lowest BCUT2D eigenvalue weighted by molar-refractivity contribution is 0.171. The smallest absolute Gasteiger partial charge is 0.194 e. The van der Waals surface area contributed by atoms with Crippen LogP contribution in [0.5, 0.6) is 11.5 Å². The van der Waals surface area contributed by atoms with Gasteiger partial charge in [0.25, 0.3) is 0 Å². The second-order valence-corrected chi connectivity index (χ2v) is 7.59. The molecule has 0 aromatic heterocycles. The molecule has 0 unspecified atom stereocenters. The molecule has 1 fully saturated rings. The minimum atomic E-state index is 0.628. The minimum absolute atomic E-state index is 0.628. The van der Waals surface area contributed by atoms with Crippen LogP contribution in [-0.4, -0.2) is 70.3 Å². The zero-order valence-corrected chi connectivity index (χ0v) is 19.1. The summed E-state index contributed by atoms with van der Waals surface area (Å²) in [4.78, 5) is 9.25. The number of rotatable bonds is 8. The van der Waals surface area contributed by atoms with Crippen LogP contribution in [0, 0.1) is 0 Å². The molecule has 1 aliphatic heterocycles. The van der Waals surface area contributed by atoms with Crippen LogP contribution in [0.1, 0.15) is 16.7 Å². The second kappa shape index (κ2) is 11.6. The van der Waals surface area contributed by atoms with Crippen molar-refractivity contribution >= 4 is 5.96 Å². The standard InChI is InChI=1S/C24H34N4O3/c1-25-24(26-16-19-6-5-7-20(14-19)18-29-2)28-12-10-27(11-13-28)17-21-15-22(30-3)8-9-23(21)31-4/h5-9,14-15H,10-13,16-18H2,1-4H3,(H,25,26). The van der Waals surface area contributed by atoms with Crippen molar-refractivity contribution < 1.29 is 14.2 Å². The number of ether oxygens (including phenoxy) is 3. The van der Waals surface area contributed by atoms with Gasteiger partial charge in [-0.25, -0.2) is 0 Å². The third-order valence-electron chi connectivity index (χ3n) is 5.52. The molecule has 1 aliphatic rings. The van der Waals surface area contributed by atoms with Gasteiger partial charge in [0.05, 0.1) is 20.8 Å². The first kappa shape index (κ1) is 22.9. The fourth-order valence-corrected chi connectivity index (χ4v) is 3.87. The Labute approximate surface area is 185 Å². The van der Waals surface area contributed by atoms with Gasteiger partial charge in [-0.2, -0.15) is 0 Å². The van der Waals surface area contributed by atoms with Crippen molar-refractivity contribution in [1.82, 2.24) is 15.1 Å². The average molecular weight is 427 g/mol. The SMILES string of the molecule is CN=C(NCc1cccc(COC)c1)N1CCN(Cc2cc(OC)ccc2OC)CC1. The van der Waals surface area contributed by atoms with E-state index in [1.54, 1.807) is 21.3 Å². The maximum atomic E-state index is 5.53. The normalized spacial score (nSPS) is 15.1. The molecule has 1 N–H and O–H groups in total. The Kier molecular flexibility index (Phi) is 8.55. The summed E-state index contributed by atoms with van der Waals surface area (Å²) in [5.41, 5.74) is 3.55. The fraction of sp³-hybridized carbons (Fsp3) is 0.458. The topological polar surface area (TPSA) is 58.6 Å². The highest BCUT2D eigenvalue weighted by atomic mass is 16.5. The van der Waals surface area contributed by atoms with Crippen LogP contribution in [0.25, 0.3) is 0 Å². The Hall–Kier alpha value is -2.77. The molecule has 0 atom stereocenters. The van der Waals surface area contributed by atoms with E-state index in [0.717, 1.165) is 62.3 Å². The van der Waals surface area contributed by atoms with E-state index in [1.165, 1.54) is 11.1 Å². The predicted molar refractivity (Wildman–Crippen MR) is 124 cm³/mol. The van der Waals surface area contributed by atoms with E-state index in [-0.39, 0.29) is 0 Å². The number of benzene rings is 2. The molecule has 2 aromatic rings. The van der Waals surface area contributed by atoms with Crippen LogP contribution < -0.4 is 14.8 Å². The fourth-order valence-electron chi connectivity index (χ4n) is 3.87. The Morgan fingerprint density at radius 1 is 0.968 bits per heavy atom. The maximum absolute atomic E-state index is 5.53. The Balaban J connectivity index is 1.53. The molecular weight excluding hydrogens is 392 g/mol. The Bertz CT molecular complexity index is 864. The second-order valence-electron chi connectivity index (χ2n) is 7.59. The summed E-state index contributed by atoms with van der Waals surface area (Å²) in [6.45, 7) is 5.99. The largest absolute Gasteiger partial charge is 0.497 e. The van der Waals surface area contributed by atoms with E-state index in [0.29, 0.717) is 6.61 Å². The van der Waals surface area contributed by atoms with Crippen molar-refractivity contribution in [2.24, 2.45) is 4.99 Å². The van der Waals surface area contributed by atoms with Crippen molar-refractivity contribution in [2.45, 2.75) is 19.7 Å². The van der Waals surface area contributed by atoms with Gasteiger partial charge in [0.2, 0.25) is 0 Å². The van der Waals surface area contributed by atoms with Crippen LogP contribution in [0.15, 0.2) is 47.5 Å². The van der Waals surface area contributed by atoms with E-state index < -0.39 is 0 Å². The average Bonchev–Trinajstić information content (AvgIpc) is 2.81. The highest BCUT2D eigenvalue weighted by Crippen LogP contribution is 2.25. The summed E-state index contributed by atoms with van der Waals surface area (Å²) < 4.78 is 16.1. The molecule has 0 saturated carbocycles. The molecule has 1 heterocycles. The van der Waals surface area contributed by atoms with E-state index in [4.69, 9.17) is 14.2 Å². The molecule has 2 aromatic carbocycles. The first-order valence-electron chi connectivity index (χ1n) is 10.6. The van der Waals surface area contributed by atoms with Gasteiger partial charge >= 0.3 is 0 Å². The Morgan fingerprint density at radius 2 is 1.74 bits per heavy atom. The first-order valence-corrected chi connectivity index (χ1v) is 10.6. The van der Waals surface area contributed by atoms with Crippen LogP contribution in [0.2, 0.25) is 0 Å². The van der Waals surface area contributed by atoms with Gasteiger partial charge in [-0.15, -0.1) is 0 Å². The molecule has 0 amide bonds. The van der Waals surface area contributed by atoms with E-state index in [1.807, 2.05) is 19.2 Å². The lowest BCUT2D eigenvalue weighted by atomic mass is 10.1. The van der Waals surface area contributed by atoms with Crippen molar-refractivity contribution in [2.75, 3.05) is 54.6 Å². The van der Waals surface area contributed by atoms with Crippen LogP contribution in [0.4, 0.5) is 0 Å². The van der Waals surface area contributed by atoms with Crippen molar-refractivity contribution in [1.29, 1.82) is 0 Å². The zero-order valence-electron chi connectivity index (χ0n) is 19.1. The Morgan fingerprint density at radius 3 is 2.42 bits per heavy atom. The first-order chi connectivity index (χ1) is 15.2. The van der Waals surface area contributed by atoms with Crippen LogP contribution >= 0.6 is 0 Å². The van der Waals surface area contributed by atoms with Gasteiger partial charge in [-0.3, -0.25) is 9.89 Å². The number of nitrogens with one attached hydrogen (secondary N) is 1. The molecule has 7 heteroatoms. The number of nitrogens with zero attached hydrogens (tertiary/aromatic N) is 3. The monoisotopic (exact) mass is 426 g/mol. The molecule has 31 heavy (non-hydrogen) atoms. The number of hydrogen-bond acceptors (Lipinski definition) is 5. The molecular formula is C24H34N4O3. The summed E-state index contributed by atoms with van der Waals surface area (Å²) in [6, 6.07) is 14.4. The quantitative estimate of drug-likeness (QED) is 0.517. The molecule has 0 aliphatic carbocycles.